The van der Waals surface area contributed by atoms with Gasteiger partial charge in [-0.05, 0) is 35.4 Å². The van der Waals surface area contributed by atoms with Gasteiger partial charge in [-0.15, -0.1) is 0 Å². The number of hydrogen-bond donors (Lipinski definition) is 0. The van der Waals surface area contributed by atoms with Crippen LogP contribution in [-0.4, -0.2) is 0 Å². The normalized spacial score (nSPS) is 11.6. The van der Waals surface area contributed by atoms with Gasteiger partial charge in [-0.2, -0.15) is 13.2 Å². The first-order valence-electron chi connectivity index (χ1n) is 7.19. The molecule has 0 fully saturated rings. The molecule has 0 spiro atoms. The van der Waals surface area contributed by atoms with Gasteiger partial charge in [-0.3, -0.25) is 0 Å². The maximum Gasteiger partial charge on any atom is 0.419 e. The minimum atomic E-state index is -4.82. The molecule has 0 atom stereocenters. The Hall–Kier alpha value is -2.76. The number of rotatable bonds is 2. The van der Waals surface area contributed by atoms with Crippen LogP contribution in [-0.2, 0) is 6.18 Å². The number of alkyl halides is 3. The highest BCUT2D eigenvalue weighted by molar-refractivity contribution is 5.71. The van der Waals surface area contributed by atoms with Crippen LogP contribution >= 0.6 is 0 Å². The first kappa shape index (κ1) is 17.1. The van der Waals surface area contributed by atoms with Crippen molar-refractivity contribution in [2.45, 2.75) is 6.18 Å². The molecular formula is C19H10F6. The lowest BCUT2D eigenvalue weighted by atomic mass is 9.98. The van der Waals surface area contributed by atoms with Crippen molar-refractivity contribution in [3.8, 4) is 22.3 Å². The zero-order valence-corrected chi connectivity index (χ0v) is 12.5. The zero-order chi connectivity index (χ0) is 18.2. The molecule has 0 nitrogen and oxygen atoms in total. The minimum Gasteiger partial charge on any atom is -0.206 e. The van der Waals surface area contributed by atoms with E-state index < -0.39 is 29.2 Å². The Labute approximate surface area is 139 Å². The second-order valence-corrected chi connectivity index (χ2v) is 5.37. The van der Waals surface area contributed by atoms with Crippen LogP contribution in [0, 0.1) is 17.5 Å². The Balaban J connectivity index is 2.02. The molecular weight excluding hydrogens is 342 g/mol. The van der Waals surface area contributed by atoms with Crippen molar-refractivity contribution in [3.63, 3.8) is 0 Å². The summed E-state index contributed by atoms with van der Waals surface area (Å²) in [4.78, 5) is 0. The van der Waals surface area contributed by atoms with E-state index >= 15 is 0 Å². The highest BCUT2D eigenvalue weighted by atomic mass is 19.4. The molecule has 0 aliphatic heterocycles. The van der Waals surface area contributed by atoms with E-state index in [2.05, 4.69) is 0 Å². The Morgan fingerprint density at radius 3 is 1.68 bits per heavy atom. The van der Waals surface area contributed by atoms with Gasteiger partial charge >= 0.3 is 6.18 Å². The Kier molecular flexibility index (Phi) is 4.29. The fraction of sp³-hybridized carbons (Fsp3) is 0.0526. The van der Waals surface area contributed by atoms with Crippen LogP contribution in [0.4, 0.5) is 26.3 Å². The summed E-state index contributed by atoms with van der Waals surface area (Å²) in [6.07, 6.45) is -4.82. The summed E-state index contributed by atoms with van der Waals surface area (Å²) in [6, 6.07) is 11.7. The van der Waals surface area contributed by atoms with Gasteiger partial charge in [0.05, 0.1) is 5.56 Å². The predicted molar refractivity (Wildman–Crippen MR) is 82.2 cm³/mol. The Morgan fingerprint density at radius 1 is 0.560 bits per heavy atom. The van der Waals surface area contributed by atoms with Crippen molar-refractivity contribution in [1.82, 2.24) is 0 Å². The quantitative estimate of drug-likeness (QED) is 0.465. The molecule has 0 amide bonds. The first-order chi connectivity index (χ1) is 11.8. The standard InChI is InChI=1S/C19H10F6/c20-16-4-2-1-3-13(16)11-5-7-14(17(21)9-11)12-6-8-15(18(22)10-12)19(23,24)25/h1-10H. The van der Waals surface area contributed by atoms with Crippen molar-refractivity contribution in [1.29, 1.82) is 0 Å². The van der Waals surface area contributed by atoms with Gasteiger partial charge < -0.3 is 0 Å². The minimum absolute atomic E-state index is 0.0388. The van der Waals surface area contributed by atoms with Gasteiger partial charge in [0, 0.05) is 11.1 Å². The van der Waals surface area contributed by atoms with Crippen LogP contribution in [0.15, 0.2) is 60.7 Å². The smallest absolute Gasteiger partial charge is 0.206 e. The summed E-state index contributed by atoms with van der Waals surface area (Å²) in [5.41, 5.74) is -1.08. The summed E-state index contributed by atoms with van der Waals surface area (Å²) in [6.45, 7) is 0. The second-order valence-electron chi connectivity index (χ2n) is 5.37. The highest BCUT2D eigenvalue weighted by Crippen LogP contribution is 2.35. The second kappa shape index (κ2) is 6.27. The molecule has 0 bridgehead atoms. The van der Waals surface area contributed by atoms with Gasteiger partial charge in [-0.25, -0.2) is 13.2 Å². The molecule has 0 aliphatic rings. The molecule has 0 unspecified atom stereocenters. The third-order valence-electron chi connectivity index (χ3n) is 3.74. The summed E-state index contributed by atoms with van der Waals surface area (Å²) in [7, 11) is 0. The van der Waals surface area contributed by atoms with Gasteiger partial charge in [0.1, 0.15) is 17.5 Å². The van der Waals surface area contributed by atoms with Gasteiger partial charge in [0.2, 0.25) is 0 Å². The maximum atomic E-state index is 14.4. The molecule has 0 heterocycles. The average molecular weight is 352 g/mol. The van der Waals surface area contributed by atoms with E-state index in [1.807, 2.05) is 0 Å². The van der Waals surface area contributed by atoms with Crippen LogP contribution in [0.2, 0.25) is 0 Å². The van der Waals surface area contributed by atoms with Crippen molar-refractivity contribution in [3.05, 3.63) is 83.7 Å². The third-order valence-corrected chi connectivity index (χ3v) is 3.74. The molecule has 0 saturated heterocycles. The molecule has 0 saturated carbocycles. The third kappa shape index (κ3) is 3.38. The Morgan fingerprint density at radius 2 is 1.12 bits per heavy atom. The molecule has 3 aromatic rings. The van der Waals surface area contributed by atoms with Crippen molar-refractivity contribution < 1.29 is 26.3 Å². The van der Waals surface area contributed by atoms with E-state index in [-0.39, 0.29) is 22.3 Å². The lowest BCUT2D eigenvalue weighted by Crippen LogP contribution is -2.07. The van der Waals surface area contributed by atoms with E-state index in [0.29, 0.717) is 12.1 Å². The number of halogens is 6. The lowest BCUT2D eigenvalue weighted by Gasteiger charge is -2.11. The fourth-order valence-corrected chi connectivity index (χ4v) is 2.52. The van der Waals surface area contributed by atoms with Crippen molar-refractivity contribution >= 4 is 0 Å². The SMILES string of the molecule is Fc1ccccc1-c1ccc(-c2ccc(C(F)(F)F)c(F)c2)c(F)c1. The van der Waals surface area contributed by atoms with Gasteiger partial charge in [0.15, 0.2) is 0 Å². The molecule has 0 aromatic heterocycles. The van der Waals surface area contributed by atoms with Crippen LogP contribution in [0.1, 0.15) is 5.56 Å². The van der Waals surface area contributed by atoms with E-state index in [4.69, 9.17) is 0 Å². The molecule has 0 aliphatic carbocycles. The molecule has 0 N–H and O–H groups in total. The zero-order valence-electron chi connectivity index (χ0n) is 12.5. The number of hydrogen-bond acceptors (Lipinski definition) is 0. The van der Waals surface area contributed by atoms with Crippen LogP contribution in [0.25, 0.3) is 22.3 Å². The van der Waals surface area contributed by atoms with E-state index in [9.17, 15) is 26.3 Å². The van der Waals surface area contributed by atoms with Gasteiger partial charge in [0.25, 0.3) is 0 Å². The van der Waals surface area contributed by atoms with E-state index in [1.54, 1.807) is 6.07 Å². The first-order valence-corrected chi connectivity index (χ1v) is 7.19. The van der Waals surface area contributed by atoms with Crippen LogP contribution < -0.4 is 0 Å². The largest absolute Gasteiger partial charge is 0.419 e. The topological polar surface area (TPSA) is 0 Å². The van der Waals surface area contributed by atoms with Crippen LogP contribution in [0.3, 0.4) is 0 Å². The summed E-state index contributed by atoms with van der Waals surface area (Å²) < 4.78 is 79.6. The maximum absolute atomic E-state index is 14.4. The summed E-state index contributed by atoms with van der Waals surface area (Å²) in [5, 5.41) is 0. The van der Waals surface area contributed by atoms with Crippen LogP contribution in [0.5, 0.6) is 0 Å². The van der Waals surface area contributed by atoms with E-state index in [1.165, 1.54) is 30.3 Å². The van der Waals surface area contributed by atoms with E-state index in [0.717, 1.165) is 12.1 Å². The molecule has 3 rings (SSSR count). The fourth-order valence-electron chi connectivity index (χ4n) is 2.52. The van der Waals surface area contributed by atoms with Gasteiger partial charge in [-0.1, -0.05) is 36.4 Å². The predicted octanol–water partition coefficient (Wildman–Crippen LogP) is 6.46. The molecule has 25 heavy (non-hydrogen) atoms. The van der Waals surface area contributed by atoms with Crippen molar-refractivity contribution in [2.75, 3.05) is 0 Å². The molecule has 3 aromatic carbocycles. The molecule has 0 radical (unpaired) electrons. The van der Waals surface area contributed by atoms with Crippen molar-refractivity contribution in [2.24, 2.45) is 0 Å². The Bertz CT molecular complexity index is 927. The highest BCUT2D eigenvalue weighted by Gasteiger charge is 2.34. The average Bonchev–Trinajstić information content (AvgIpc) is 2.54. The summed E-state index contributed by atoms with van der Waals surface area (Å²) in [5.74, 6) is -2.81. The monoisotopic (exact) mass is 352 g/mol. The molecule has 128 valence electrons. The molecule has 6 heteroatoms. The number of benzene rings is 3. The lowest BCUT2D eigenvalue weighted by molar-refractivity contribution is -0.139. The summed E-state index contributed by atoms with van der Waals surface area (Å²) >= 11 is 0.